The molecule has 0 spiro atoms. The molecular formula is C20H13ClF3NO3. The number of nitrogens with one attached hydrogen (secondary N) is 1. The van der Waals surface area contributed by atoms with Gasteiger partial charge in [0.15, 0.2) is 5.76 Å². The third kappa shape index (κ3) is 3.49. The largest absolute Gasteiger partial charge is 0.451 e. The molecule has 1 aliphatic carbocycles. The molecule has 8 heteroatoms. The minimum Gasteiger partial charge on any atom is -0.451 e. The molecular weight excluding hydrogens is 395 g/mol. The Bertz CT molecular complexity index is 1080. The Hall–Kier alpha value is -2.80. The van der Waals surface area contributed by atoms with Gasteiger partial charge in [-0.2, -0.15) is 13.2 Å². The third-order valence-corrected chi connectivity index (χ3v) is 4.77. The maximum Gasteiger partial charge on any atom is 0.416 e. The van der Waals surface area contributed by atoms with Gasteiger partial charge in [0, 0.05) is 21.9 Å². The monoisotopic (exact) mass is 407 g/mol. The zero-order valence-electron chi connectivity index (χ0n) is 14.3. The lowest BCUT2D eigenvalue weighted by Crippen LogP contribution is -2.15. The van der Waals surface area contributed by atoms with Crippen LogP contribution in [0.4, 0.5) is 18.9 Å². The first-order valence-corrected chi connectivity index (χ1v) is 8.86. The van der Waals surface area contributed by atoms with Gasteiger partial charge in [-0.3, -0.25) is 9.59 Å². The summed E-state index contributed by atoms with van der Waals surface area (Å²) in [5, 5.41) is 3.45. The van der Waals surface area contributed by atoms with Crippen LogP contribution in [0.2, 0.25) is 5.02 Å². The van der Waals surface area contributed by atoms with E-state index in [-0.39, 0.29) is 28.7 Å². The Labute approximate surface area is 162 Å². The number of ketones is 1. The van der Waals surface area contributed by atoms with Crippen molar-refractivity contribution in [2.75, 3.05) is 5.32 Å². The molecule has 1 heterocycles. The Morgan fingerprint density at radius 1 is 1.07 bits per heavy atom. The lowest BCUT2D eigenvalue weighted by molar-refractivity contribution is -0.137. The van der Waals surface area contributed by atoms with Gasteiger partial charge in [-0.05, 0) is 55.3 Å². The first-order chi connectivity index (χ1) is 13.2. The molecule has 0 unspecified atom stereocenters. The average molecular weight is 408 g/mol. The molecule has 4 rings (SSSR count). The highest BCUT2D eigenvalue weighted by atomic mass is 35.5. The van der Waals surface area contributed by atoms with Gasteiger partial charge in [-0.15, -0.1) is 0 Å². The number of carbonyl (C=O) groups is 2. The number of anilines is 1. The predicted molar refractivity (Wildman–Crippen MR) is 97.7 cm³/mol. The average Bonchev–Trinajstić information content (AvgIpc) is 3.44. The van der Waals surface area contributed by atoms with Crippen molar-refractivity contribution in [3.63, 3.8) is 0 Å². The summed E-state index contributed by atoms with van der Waals surface area (Å²) in [6.07, 6.45) is -2.98. The van der Waals surface area contributed by atoms with Crippen LogP contribution in [0.3, 0.4) is 0 Å². The Morgan fingerprint density at radius 3 is 2.36 bits per heavy atom. The van der Waals surface area contributed by atoms with E-state index in [1.54, 1.807) is 18.2 Å². The number of hydrogen-bond donors (Lipinski definition) is 1. The Balaban J connectivity index is 1.70. The Kier molecular flexibility index (Phi) is 4.42. The van der Waals surface area contributed by atoms with Gasteiger partial charge in [0.2, 0.25) is 5.78 Å². The highest BCUT2D eigenvalue weighted by Gasteiger charge is 2.35. The van der Waals surface area contributed by atoms with Gasteiger partial charge in [0.1, 0.15) is 5.58 Å². The van der Waals surface area contributed by atoms with Crippen molar-refractivity contribution >= 4 is 39.9 Å². The second kappa shape index (κ2) is 6.67. The van der Waals surface area contributed by atoms with Crippen LogP contribution in [0.1, 0.15) is 39.3 Å². The second-order valence-electron chi connectivity index (χ2n) is 6.61. The van der Waals surface area contributed by atoms with E-state index in [0.717, 1.165) is 37.1 Å². The summed E-state index contributed by atoms with van der Waals surface area (Å²) >= 11 is 6.02. The quantitative estimate of drug-likeness (QED) is 0.543. The molecule has 0 radical (unpaired) electrons. The van der Waals surface area contributed by atoms with Crippen molar-refractivity contribution in [2.24, 2.45) is 5.92 Å². The number of hydrogen-bond acceptors (Lipinski definition) is 3. The van der Waals surface area contributed by atoms with Gasteiger partial charge in [-0.25, -0.2) is 0 Å². The second-order valence-corrected chi connectivity index (χ2v) is 7.05. The maximum atomic E-state index is 12.7. The highest BCUT2D eigenvalue weighted by molar-refractivity contribution is 6.31. The lowest BCUT2D eigenvalue weighted by Gasteiger charge is -2.09. The fourth-order valence-corrected chi connectivity index (χ4v) is 3.07. The number of rotatable bonds is 4. The van der Waals surface area contributed by atoms with E-state index in [9.17, 15) is 22.8 Å². The molecule has 1 fully saturated rings. The molecule has 1 amide bonds. The van der Waals surface area contributed by atoms with E-state index >= 15 is 0 Å². The number of furan rings is 1. The normalized spacial score (nSPS) is 14.3. The van der Waals surface area contributed by atoms with Gasteiger partial charge in [0.25, 0.3) is 5.91 Å². The van der Waals surface area contributed by atoms with E-state index in [1.165, 1.54) is 0 Å². The van der Waals surface area contributed by atoms with E-state index in [4.69, 9.17) is 16.0 Å². The van der Waals surface area contributed by atoms with Crippen molar-refractivity contribution in [3.05, 3.63) is 64.4 Å². The smallest absolute Gasteiger partial charge is 0.416 e. The van der Waals surface area contributed by atoms with Crippen molar-refractivity contribution in [3.8, 4) is 0 Å². The highest BCUT2D eigenvalue weighted by Crippen LogP contribution is 2.39. The van der Waals surface area contributed by atoms with Crippen LogP contribution in [-0.2, 0) is 6.18 Å². The summed E-state index contributed by atoms with van der Waals surface area (Å²) in [6, 6.07) is 8.57. The fraction of sp³-hybridized carbons (Fsp3) is 0.200. The number of benzene rings is 2. The number of Topliss-reactive ketones (excluding diaryl/α,β-unsaturated/α-hetero) is 1. The van der Waals surface area contributed by atoms with Crippen LogP contribution in [0.25, 0.3) is 11.0 Å². The van der Waals surface area contributed by atoms with Gasteiger partial charge < -0.3 is 9.73 Å². The van der Waals surface area contributed by atoms with Crippen molar-refractivity contribution in [2.45, 2.75) is 19.0 Å². The van der Waals surface area contributed by atoms with Crippen LogP contribution in [0.15, 0.2) is 46.9 Å². The molecule has 0 atom stereocenters. The summed E-state index contributed by atoms with van der Waals surface area (Å²) in [5.74, 6) is -0.978. The number of carbonyl (C=O) groups excluding carboxylic acids is 2. The molecule has 1 saturated carbocycles. The van der Waals surface area contributed by atoms with Crippen LogP contribution in [0.5, 0.6) is 0 Å². The summed E-state index contributed by atoms with van der Waals surface area (Å²) in [4.78, 5) is 25.1. The van der Waals surface area contributed by atoms with Gasteiger partial charge >= 0.3 is 6.18 Å². The van der Waals surface area contributed by atoms with Crippen molar-refractivity contribution in [1.29, 1.82) is 0 Å². The fourth-order valence-electron chi connectivity index (χ4n) is 2.89. The summed E-state index contributed by atoms with van der Waals surface area (Å²) in [6.45, 7) is 0. The predicted octanol–water partition coefficient (Wildman–Crippen LogP) is 5.95. The summed E-state index contributed by atoms with van der Waals surface area (Å²) in [5.41, 5.74) is -0.265. The van der Waals surface area contributed by atoms with E-state index in [2.05, 4.69) is 5.32 Å². The molecule has 28 heavy (non-hydrogen) atoms. The molecule has 2 aromatic carbocycles. The van der Waals surface area contributed by atoms with E-state index in [1.807, 2.05) is 0 Å². The van der Waals surface area contributed by atoms with Gasteiger partial charge in [-0.1, -0.05) is 11.6 Å². The van der Waals surface area contributed by atoms with Crippen LogP contribution in [0, 0.1) is 5.92 Å². The molecule has 1 aliphatic rings. The first-order valence-electron chi connectivity index (χ1n) is 8.49. The SMILES string of the molecule is O=C(Nc1c(C(=O)C2CC2)oc2ccc(Cl)cc12)c1ccc(C(F)(F)F)cc1. The van der Waals surface area contributed by atoms with Crippen molar-refractivity contribution in [1.82, 2.24) is 0 Å². The van der Waals surface area contributed by atoms with Crippen LogP contribution < -0.4 is 5.32 Å². The van der Waals surface area contributed by atoms with Crippen LogP contribution >= 0.6 is 11.6 Å². The van der Waals surface area contributed by atoms with E-state index in [0.29, 0.717) is 16.0 Å². The van der Waals surface area contributed by atoms with Crippen molar-refractivity contribution < 1.29 is 27.2 Å². The lowest BCUT2D eigenvalue weighted by atomic mass is 10.1. The molecule has 0 bridgehead atoms. The topological polar surface area (TPSA) is 59.3 Å². The van der Waals surface area contributed by atoms with Crippen LogP contribution in [-0.4, -0.2) is 11.7 Å². The summed E-state index contributed by atoms with van der Waals surface area (Å²) < 4.78 is 43.7. The molecule has 4 nitrogen and oxygen atoms in total. The molecule has 0 saturated heterocycles. The minimum absolute atomic E-state index is 0.0224. The number of alkyl halides is 3. The molecule has 0 aliphatic heterocycles. The van der Waals surface area contributed by atoms with E-state index < -0.39 is 17.6 Å². The Morgan fingerprint density at radius 2 is 1.75 bits per heavy atom. The minimum atomic E-state index is -4.49. The standard InChI is InChI=1S/C20H13ClF3NO3/c21-13-7-8-15-14(9-13)16(18(28-15)17(26)10-1-2-10)25-19(27)11-3-5-12(6-4-11)20(22,23)24/h3-10H,1-2H2,(H,25,27). The number of halogens is 4. The zero-order valence-corrected chi connectivity index (χ0v) is 15.0. The maximum absolute atomic E-state index is 12.7. The molecule has 144 valence electrons. The molecule has 3 aromatic rings. The number of fused-ring (bicyclic) bond motifs is 1. The summed E-state index contributed by atoms with van der Waals surface area (Å²) in [7, 11) is 0. The zero-order chi connectivity index (χ0) is 20.1. The first kappa shape index (κ1) is 18.6. The number of amides is 1. The van der Waals surface area contributed by atoms with Gasteiger partial charge in [0.05, 0.1) is 11.3 Å². The third-order valence-electron chi connectivity index (χ3n) is 4.53. The molecule has 1 N–H and O–H groups in total. The molecule has 1 aromatic heterocycles.